The Labute approximate surface area is 101 Å². The van der Waals surface area contributed by atoms with Gasteiger partial charge in [0.15, 0.2) is 0 Å². The number of hydrogen-bond acceptors (Lipinski definition) is 2. The van der Waals surface area contributed by atoms with Gasteiger partial charge in [-0.1, -0.05) is 32.6 Å². The highest BCUT2D eigenvalue weighted by atomic mass is 16.5. The predicted octanol–water partition coefficient (Wildman–Crippen LogP) is 3.36. The Morgan fingerprint density at radius 3 is 2.25 bits per heavy atom. The molecule has 0 radical (unpaired) electrons. The summed E-state index contributed by atoms with van der Waals surface area (Å²) in [6.07, 6.45) is 8.80. The Balaban J connectivity index is 2.51. The Hall–Kier alpha value is -0.0800. The predicted molar refractivity (Wildman–Crippen MR) is 69.7 cm³/mol. The van der Waals surface area contributed by atoms with Crippen molar-refractivity contribution >= 4 is 0 Å². The number of ether oxygens (including phenoxy) is 1. The van der Waals surface area contributed by atoms with E-state index in [1.54, 1.807) is 0 Å². The van der Waals surface area contributed by atoms with Gasteiger partial charge in [-0.2, -0.15) is 0 Å². The lowest BCUT2D eigenvalue weighted by atomic mass is 9.88. The first-order chi connectivity index (χ1) is 7.79. The molecular formula is C14H29NO. The number of hydrogen-bond donors (Lipinski definition) is 1. The molecule has 0 amide bonds. The quantitative estimate of drug-likeness (QED) is 0.703. The van der Waals surface area contributed by atoms with Gasteiger partial charge in [-0.15, -0.1) is 0 Å². The zero-order chi connectivity index (χ0) is 11.8. The van der Waals surface area contributed by atoms with Crippen LogP contribution in [0, 0.1) is 5.92 Å². The Kier molecular flexibility index (Phi) is 7.06. The van der Waals surface area contributed by atoms with Crippen molar-refractivity contribution in [2.24, 2.45) is 5.92 Å². The second kappa shape index (κ2) is 8.08. The summed E-state index contributed by atoms with van der Waals surface area (Å²) in [5.74, 6) is 0.823. The normalized spacial score (nSPS) is 22.7. The smallest absolute Gasteiger partial charge is 0.0702 e. The Morgan fingerprint density at radius 2 is 1.75 bits per heavy atom. The Morgan fingerprint density at radius 1 is 1.12 bits per heavy atom. The van der Waals surface area contributed by atoms with Crippen LogP contribution in [0.1, 0.15) is 59.3 Å². The van der Waals surface area contributed by atoms with Gasteiger partial charge in [0.25, 0.3) is 0 Å². The number of likely N-dealkylation sites (N-methyl/N-ethyl adjacent to an activating group) is 1. The maximum Gasteiger partial charge on any atom is 0.0702 e. The van der Waals surface area contributed by atoms with Crippen LogP contribution in [0.3, 0.4) is 0 Å². The molecule has 1 saturated carbocycles. The van der Waals surface area contributed by atoms with Gasteiger partial charge in [-0.05, 0) is 39.2 Å². The summed E-state index contributed by atoms with van der Waals surface area (Å²) in [5, 5.41) is 3.64. The van der Waals surface area contributed by atoms with E-state index in [-0.39, 0.29) is 0 Å². The molecule has 0 spiro atoms. The number of nitrogens with one attached hydrogen (secondary N) is 1. The van der Waals surface area contributed by atoms with Crippen LogP contribution in [0.2, 0.25) is 0 Å². The molecule has 2 unspecified atom stereocenters. The zero-order valence-corrected chi connectivity index (χ0v) is 11.3. The lowest BCUT2D eigenvalue weighted by molar-refractivity contribution is 0.0279. The topological polar surface area (TPSA) is 21.3 Å². The molecule has 0 bridgehead atoms. The van der Waals surface area contributed by atoms with Crippen LogP contribution in [0.25, 0.3) is 0 Å². The van der Waals surface area contributed by atoms with Crippen LogP contribution in [-0.2, 0) is 4.74 Å². The average molecular weight is 227 g/mol. The van der Waals surface area contributed by atoms with Gasteiger partial charge in [0, 0.05) is 12.6 Å². The highest BCUT2D eigenvalue weighted by Gasteiger charge is 2.26. The van der Waals surface area contributed by atoms with E-state index in [2.05, 4.69) is 26.1 Å². The summed E-state index contributed by atoms with van der Waals surface area (Å²) in [4.78, 5) is 0. The van der Waals surface area contributed by atoms with Crippen molar-refractivity contribution in [1.29, 1.82) is 0 Å². The summed E-state index contributed by atoms with van der Waals surface area (Å²) in [7, 11) is 0. The molecule has 16 heavy (non-hydrogen) atoms. The van der Waals surface area contributed by atoms with Crippen molar-refractivity contribution in [3.05, 3.63) is 0 Å². The minimum absolute atomic E-state index is 0.355. The molecule has 0 aliphatic heterocycles. The van der Waals surface area contributed by atoms with Crippen molar-refractivity contribution in [2.75, 3.05) is 13.2 Å². The second-order valence-corrected chi connectivity index (χ2v) is 5.00. The van der Waals surface area contributed by atoms with Crippen LogP contribution in [0.5, 0.6) is 0 Å². The van der Waals surface area contributed by atoms with E-state index >= 15 is 0 Å². The maximum atomic E-state index is 5.79. The lowest BCUT2D eigenvalue weighted by Crippen LogP contribution is -2.45. The van der Waals surface area contributed by atoms with E-state index < -0.39 is 0 Å². The lowest BCUT2D eigenvalue weighted by Gasteiger charge is -2.31. The molecule has 0 aromatic heterocycles. The molecule has 1 N–H and O–H groups in total. The molecule has 1 aliphatic rings. The van der Waals surface area contributed by atoms with Crippen molar-refractivity contribution in [2.45, 2.75) is 71.4 Å². The SMILES string of the molecule is CCNC(C1CCCCCC1)C(C)OCC. The van der Waals surface area contributed by atoms with Crippen LogP contribution >= 0.6 is 0 Å². The van der Waals surface area contributed by atoms with Crippen molar-refractivity contribution in [3.63, 3.8) is 0 Å². The molecule has 0 saturated heterocycles. The van der Waals surface area contributed by atoms with Gasteiger partial charge < -0.3 is 10.1 Å². The van der Waals surface area contributed by atoms with E-state index in [0.29, 0.717) is 12.1 Å². The molecule has 1 rings (SSSR count). The summed E-state index contributed by atoms with van der Waals surface area (Å²) in [6, 6.07) is 0.558. The van der Waals surface area contributed by atoms with E-state index in [1.165, 1.54) is 38.5 Å². The molecule has 2 nitrogen and oxygen atoms in total. The monoisotopic (exact) mass is 227 g/mol. The highest BCUT2D eigenvalue weighted by molar-refractivity contribution is 4.82. The van der Waals surface area contributed by atoms with Gasteiger partial charge in [-0.3, -0.25) is 0 Å². The van der Waals surface area contributed by atoms with Gasteiger partial charge in [0.1, 0.15) is 0 Å². The molecule has 1 fully saturated rings. The van der Waals surface area contributed by atoms with Crippen molar-refractivity contribution < 1.29 is 4.74 Å². The third-order valence-corrected chi connectivity index (χ3v) is 3.78. The molecule has 0 heterocycles. The number of rotatable bonds is 6. The largest absolute Gasteiger partial charge is 0.377 e. The first-order valence-electron chi connectivity index (χ1n) is 7.14. The van der Waals surface area contributed by atoms with Crippen molar-refractivity contribution in [3.8, 4) is 0 Å². The van der Waals surface area contributed by atoms with Crippen LogP contribution in [0.4, 0.5) is 0 Å². The fourth-order valence-corrected chi connectivity index (χ4v) is 2.99. The third kappa shape index (κ3) is 4.42. The molecule has 96 valence electrons. The minimum atomic E-state index is 0.355. The van der Waals surface area contributed by atoms with Crippen molar-refractivity contribution in [1.82, 2.24) is 5.32 Å². The van der Waals surface area contributed by atoms with E-state index in [0.717, 1.165) is 19.1 Å². The molecule has 1 aliphatic carbocycles. The average Bonchev–Trinajstić information content (AvgIpc) is 2.54. The summed E-state index contributed by atoms with van der Waals surface area (Å²) in [5.41, 5.74) is 0. The van der Waals surface area contributed by atoms with Crippen LogP contribution in [0.15, 0.2) is 0 Å². The third-order valence-electron chi connectivity index (χ3n) is 3.78. The summed E-state index contributed by atoms with van der Waals surface area (Å²) >= 11 is 0. The fraction of sp³-hybridized carbons (Fsp3) is 1.00. The highest BCUT2D eigenvalue weighted by Crippen LogP contribution is 2.27. The second-order valence-electron chi connectivity index (χ2n) is 5.00. The first-order valence-corrected chi connectivity index (χ1v) is 7.14. The van der Waals surface area contributed by atoms with Gasteiger partial charge in [0.2, 0.25) is 0 Å². The summed E-state index contributed by atoms with van der Waals surface area (Å²) < 4.78 is 5.79. The van der Waals surface area contributed by atoms with Crippen LogP contribution in [-0.4, -0.2) is 25.3 Å². The van der Waals surface area contributed by atoms with Gasteiger partial charge in [-0.25, -0.2) is 0 Å². The van der Waals surface area contributed by atoms with Gasteiger partial charge in [0.05, 0.1) is 6.10 Å². The Bertz CT molecular complexity index is 164. The molecule has 0 aromatic carbocycles. The first kappa shape index (κ1) is 14.0. The zero-order valence-electron chi connectivity index (χ0n) is 11.3. The van der Waals surface area contributed by atoms with E-state index in [9.17, 15) is 0 Å². The summed E-state index contributed by atoms with van der Waals surface area (Å²) in [6.45, 7) is 8.39. The molecule has 2 atom stereocenters. The standard InChI is InChI=1S/C14H29NO/c1-4-15-14(12(3)16-5-2)13-10-8-6-7-9-11-13/h12-15H,4-11H2,1-3H3. The van der Waals surface area contributed by atoms with Gasteiger partial charge >= 0.3 is 0 Å². The van der Waals surface area contributed by atoms with E-state index in [4.69, 9.17) is 4.74 Å². The van der Waals surface area contributed by atoms with Crippen LogP contribution < -0.4 is 5.32 Å². The molecular weight excluding hydrogens is 198 g/mol. The van der Waals surface area contributed by atoms with E-state index in [1.807, 2.05) is 0 Å². The molecule has 2 heteroatoms. The fourth-order valence-electron chi connectivity index (χ4n) is 2.99. The maximum absolute atomic E-state index is 5.79. The molecule has 0 aromatic rings. The minimum Gasteiger partial charge on any atom is -0.377 e.